The van der Waals surface area contributed by atoms with Crippen LogP contribution in [0.3, 0.4) is 0 Å². The molecule has 12 heteroatoms. The zero-order valence-corrected chi connectivity index (χ0v) is 27.7. The first kappa shape index (κ1) is 34.6. The lowest BCUT2D eigenvalue weighted by atomic mass is 9.80. The van der Waals surface area contributed by atoms with E-state index in [0.29, 0.717) is 52.7 Å². The highest BCUT2D eigenvalue weighted by Gasteiger charge is 2.53. The Bertz CT molecular complexity index is 1820. The monoisotopic (exact) mass is 665 g/mol. The maximum atomic E-state index is 14.8. The van der Waals surface area contributed by atoms with Gasteiger partial charge >= 0.3 is 0 Å². The lowest BCUT2D eigenvalue weighted by Crippen LogP contribution is -2.49. The van der Waals surface area contributed by atoms with Crippen LogP contribution in [0.15, 0.2) is 101 Å². The van der Waals surface area contributed by atoms with Crippen molar-refractivity contribution in [3.8, 4) is 23.0 Å². The second-order valence-corrected chi connectivity index (χ2v) is 11.2. The van der Waals surface area contributed by atoms with Crippen LogP contribution in [0.2, 0.25) is 0 Å². The molecule has 0 spiro atoms. The SMILES string of the molecule is COc1cccc([C@H]2OC(c3ccc(OCCCO)cc3)=N[C@@]2(Cc2ccccc2CN=[N+]=[N-])C(=O)NCc2cccc(OC)c2OC)c1. The fourth-order valence-corrected chi connectivity index (χ4v) is 5.79. The third-order valence-corrected chi connectivity index (χ3v) is 8.23. The Morgan fingerprint density at radius 1 is 0.939 bits per heavy atom. The molecule has 49 heavy (non-hydrogen) atoms. The number of carbonyl (C=O) groups is 1. The number of nitrogens with one attached hydrogen (secondary N) is 1. The molecule has 4 aromatic carbocycles. The van der Waals surface area contributed by atoms with Crippen molar-refractivity contribution < 1.29 is 33.6 Å². The molecule has 0 fully saturated rings. The molecule has 1 aliphatic rings. The Kier molecular flexibility index (Phi) is 11.6. The largest absolute Gasteiger partial charge is 0.497 e. The van der Waals surface area contributed by atoms with Crippen LogP contribution in [0.25, 0.3) is 10.4 Å². The molecule has 5 rings (SSSR count). The summed E-state index contributed by atoms with van der Waals surface area (Å²) in [6.07, 6.45) is -0.239. The number of nitrogens with zero attached hydrogens (tertiary/aromatic N) is 4. The number of hydrogen-bond acceptors (Lipinski definition) is 9. The lowest BCUT2D eigenvalue weighted by Gasteiger charge is -2.31. The predicted molar refractivity (Wildman–Crippen MR) is 184 cm³/mol. The molecule has 12 nitrogen and oxygen atoms in total. The van der Waals surface area contributed by atoms with Gasteiger partial charge < -0.3 is 34.1 Å². The molecular formula is C37H39N5O7. The van der Waals surface area contributed by atoms with Gasteiger partial charge in [0.1, 0.15) is 11.5 Å². The van der Waals surface area contributed by atoms with Gasteiger partial charge in [-0.05, 0) is 64.7 Å². The van der Waals surface area contributed by atoms with Gasteiger partial charge in [-0.15, -0.1) is 0 Å². The van der Waals surface area contributed by atoms with E-state index in [2.05, 4.69) is 15.3 Å². The fourth-order valence-electron chi connectivity index (χ4n) is 5.79. The molecular weight excluding hydrogens is 626 g/mol. The molecule has 2 atom stereocenters. The summed E-state index contributed by atoms with van der Waals surface area (Å²) in [5.41, 5.74) is 11.1. The minimum Gasteiger partial charge on any atom is -0.497 e. The van der Waals surface area contributed by atoms with E-state index in [1.54, 1.807) is 39.5 Å². The molecule has 0 aromatic heterocycles. The van der Waals surface area contributed by atoms with Crippen molar-refractivity contribution in [3.63, 3.8) is 0 Å². The molecule has 0 unspecified atom stereocenters. The number of amides is 1. The smallest absolute Gasteiger partial charge is 0.252 e. The van der Waals surface area contributed by atoms with E-state index in [1.165, 1.54) is 0 Å². The highest BCUT2D eigenvalue weighted by molar-refractivity contribution is 6.01. The number of hydrogen-bond donors (Lipinski definition) is 2. The van der Waals surface area contributed by atoms with Crippen LogP contribution in [0.4, 0.5) is 0 Å². The Morgan fingerprint density at radius 2 is 1.69 bits per heavy atom. The second-order valence-electron chi connectivity index (χ2n) is 11.2. The standard InChI is InChI=1S/C37H39N5O7/c1-45-31-13-6-11-26(21-31)34-37(22-27-9-4-5-10-28(27)24-40-42-38,36(44)39-23-29-12-7-14-32(46-2)33(29)47-3)41-35(49-34)25-15-17-30(18-16-25)48-20-8-19-43/h4-7,9-18,21,34,43H,8,19-20,22-24H2,1-3H3,(H,39,44)/t34-,37-/m1/s1. The number of azide groups is 1. The summed E-state index contributed by atoms with van der Waals surface area (Å²) >= 11 is 0. The van der Waals surface area contributed by atoms with Crippen molar-refractivity contribution in [2.24, 2.45) is 10.1 Å². The Labute approximate surface area is 284 Å². The van der Waals surface area contributed by atoms with Gasteiger partial charge in [-0.25, -0.2) is 4.99 Å². The Morgan fingerprint density at radius 3 is 2.41 bits per heavy atom. The summed E-state index contributed by atoms with van der Waals surface area (Å²) in [6, 6.07) is 27.6. The number of methoxy groups -OCH3 is 3. The number of ether oxygens (including phenoxy) is 5. The van der Waals surface area contributed by atoms with Crippen LogP contribution < -0.4 is 24.3 Å². The van der Waals surface area contributed by atoms with Gasteiger partial charge in [-0.3, -0.25) is 4.79 Å². The first-order valence-electron chi connectivity index (χ1n) is 15.8. The van der Waals surface area contributed by atoms with E-state index in [1.807, 2.05) is 72.8 Å². The van der Waals surface area contributed by atoms with Gasteiger partial charge in [0.2, 0.25) is 5.90 Å². The van der Waals surface area contributed by atoms with Gasteiger partial charge in [0.05, 0.1) is 34.5 Å². The van der Waals surface area contributed by atoms with Crippen molar-refractivity contribution in [2.75, 3.05) is 34.5 Å². The molecule has 0 aliphatic carbocycles. The number of rotatable bonds is 16. The lowest BCUT2D eigenvalue weighted by molar-refractivity contribution is -0.129. The number of carbonyl (C=O) groups excluding carboxylic acids is 1. The fraction of sp³-hybridized carbons (Fsp3) is 0.297. The summed E-state index contributed by atoms with van der Waals surface area (Å²) in [5.74, 6) is 2.16. The van der Waals surface area contributed by atoms with Crippen LogP contribution in [0.5, 0.6) is 23.0 Å². The Balaban J connectivity index is 1.62. The van der Waals surface area contributed by atoms with E-state index in [4.69, 9.17) is 39.3 Å². The van der Waals surface area contributed by atoms with Crippen molar-refractivity contribution in [3.05, 3.63) is 129 Å². The maximum absolute atomic E-state index is 14.8. The van der Waals surface area contributed by atoms with Crippen molar-refractivity contribution >= 4 is 11.8 Å². The number of aliphatic hydroxyl groups is 1. The van der Waals surface area contributed by atoms with Gasteiger partial charge in [-0.2, -0.15) is 0 Å². The first-order valence-corrected chi connectivity index (χ1v) is 15.8. The third kappa shape index (κ3) is 7.89. The molecule has 4 aromatic rings. The summed E-state index contributed by atoms with van der Waals surface area (Å²) in [4.78, 5) is 22.9. The summed E-state index contributed by atoms with van der Waals surface area (Å²) < 4.78 is 29.0. The summed E-state index contributed by atoms with van der Waals surface area (Å²) in [5, 5.41) is 16.0. The van der Waals surface area contributed by atoms with E-state index in [-0.39, 0.29) is 37.9 Å². The molecule has 2 N–H and O–H groups in total. The van der Waals surface area contributed by atoms with Crippen molar-refractivity contribution in [1.82, 2.24) is 5.32 Å². The maximum Gasteiger partial charge on any atom is 0.252 e. The highest BCUT2D eigenvalue weighted by Crippen LogP contribution is 2.44. The molecule has 0 saturated heterocycles. The van der Waals surface area contributed by atoms with Crippen LogP contribution in [0, 0.1) is 0 Å². The van der Waals surface area contributed by atoms with E-state index < -0.39 is 11.6 Å². The molecule has 0 saturated carbocycles. The average molecular weight is 666 g/mol. The number of benzene rings is 4. The van der Waals surface area contributed by atoms with E-state index >= 15 is 0 Å². The quantitative estimate of drug-likeness (QED) is 0.0634. The van der Waals surface area contributed by atoms with Crippen LogP contribution >= 0.6 is 0 Å². The minimum atomic E-state index is -1.52. The van der Waals surface area contributed by atoms with E-state index in [0.717, 1.165) is 11.1 Å². The number of para-hydroxylation sites is 1. The number of aliphatic hydroxyl groups excluding tert-OH is 1. The highest BCUT2D eigenvalue weighted by atomic mass is 16.5. The zero-order chi connectivity index (χ0) is 34.6. The predicted octanol–water partition coefficient (Wildman–Crippen LogP) is 6.10. The average Bonchev–Trinajstić information content (AvgIpc) is 3.54. The normalized spacial score (nSPS) is 16.5. The second kappa shape index (κ2) is 16.4. The van der Waals surface area contributed by atoms with Gasteiger partial charge in [0.25, 0.3) is 5.91 Å². The van der Waals surface area contributed by atoms with Gasteiger partial charge in [0.15, 0.2) is 23.1 Å². The molecule has 1 aliphatic heterocycles. The molecule has 0 radical (unpaired) electrons. The van der Waals surface area contributed by atoms with Crippen LogP contribution in [0.1, 0.15) is 40.3 Å². The molecule has 1 amide bonds. The Hall–Kier alpha value is -5.71. The van der Waals surface area contributed by atoms with E-state index in [9.17, 15) is 4.79 Å². The molecule has 254 valence electrons. The topological polar surface area (TPSA) is 157 Å². The van der Waals surface area contributed by atoms with Crippen molar-refractivity contribution in [1.29, 1.82) is 0 Å². The van der Waals surface area contributed by atoms with Gasteiger partial charge in [-0.1, -0.05) is 53.6 Å². The summed E-state index contributed by atoms with van der Waals surface area (Å²) in [7, 11) is 4.68. The van der Waals surface area contributed by atoms with Crippen LogP contribution in [-0.4, -0.2) is 57.0 Å². The zero-order valence-electron chi connectivity index (χ0n) is 27.7. The van der Waals surface area contributed by atoms with Crippen molar-refractivity contribution in [2.45, 2.75) is 37.6 Å². The summed E-state index contributed by atoms with van der Waals surface area (Å²) in [6.45, 7) is 0.637. The molecule has 1 heterocycles. The first-order chi connectivity index (χ1) is 24.0. The molecule has 0 bridgehead atoms. The van der Waals surface area contributed by atoms with Gasteiger partial charge in [0, 0.05) is 42.0 Å². The van der Waals surface area contributed by atoms with Crippen LogP contribution in [-0.2, 0) is 29.0 Å². The third-order valence-electron chi connectivity index (χ3n) is 8.23. The number of aliphatic imine (C=N–C) groups is 1. The minimum absolute atomic E-state index is 0.0368.